The number of nitrogen functional groups attached to an aromatic ring is 1. The van der Waals surface area contributed by atoms with Gasteiger partial charge in [-0.25, -0.2) is 4.79 Å². The fourth-order valence-electron chi connectivity index (χ4n) is 2.30. The number of fused-ring (bicyclic) bond motifs is 1. The molecule has 0 saturated heterocycles. The maximum atomic E-state index is 11.2. The number of hydrogen-bond acceptors (Lipinski definition) is 3. The lowest BCUT2D eigenvalue weighted by atomic mass is 10.1. The van der Waals surface area contributed by atoms with Crippen molar-refractivity contribution in [3.63, 3.8) is 0 Å². The van der Waals surface area contributed by atoms with Crippen LogP contribution in [-0.2, 0) is 6.54 Å². The van der Waals surface area contributed by atoms with Crippen molar-refractivity contribution in [3.05, 3.63) is 59.7 Å². The first-order valence-electron chi connectivity index (χ1n) is 6.19. The number of nitrogens with zero attached hydrogens (tertiary/aromatic N) is 2. The first kappa shape index (κ1) is 12.2. The molecular formula is C15H13N3O2. The second-order valence-corrected chi connectivity index (χ2v) is 4.52. The van der Waals surface area contributed by atoms with Gasteiger partial charge in [0.05, 0.1) is 17.6 Å². The van der Waals surface area contributed by atoms with E-state index in [9.17, 15) is 9.90 Å². The van der Waals surface area contributed by atoms with Crippen molar-refractivity contribution in [1.29, 1.82) is 0 Å². The van der Waals surface area contributed by atoms with Crippen molar-refractivity contribution in [3.8, 4) is 0 Å². The minimum atomic E-state index is -0.940. The number of carbonyl (C=O) groups is 1. The molecule has 0 spiro atoms. The van der Waals surface area contributed by atoms with Gasteiger partial charge in [0.15, 0.2) is 5.82 Å². The summed E-state index contributed by atoms with van der Waals surface area (Å²) in [6, 6.07) is 14.5. The molecule has 3 N–H and O–H groups in total. The second kappa shape index (κ2) is 4.70. The van der Waals surface area contributed by atoms with E-state index in [0.717, 1.165) is 10.9 Å². The number of para-hydroxylation sites is 1. The smallest absolute Gasteiger partial charge is 0.336 e. The lowest BCUT2D eigenvalue weighted by molar-refractivity contribution is 0.0695. The third-order valence-corrected chi connectivity index (χ3v) is 3.25. The van der Waals surface area contributed by atoms with Crippen molar-refractivity contribution in [2.24, 2.45) is 0 Å². The van der Waals surface area contributed by atoms with Crippen LogP contribution < -0.4 is 5.73 Å². The van der Waals surface area contributed by atoms with Crippen LogP contribution in [0.2, 0.25) is 0 Å². The number of aromatic nitrogens is 2. The van der Waals surface area contributed by atoms with E-state index in [2.05, 4.69) is 5.10 Å². The third kappa shape index (κ3) is 1.99. The van der Waals surface area contributed by atoms with Gasteiger partial charge in [0, 0.05) is 5.39 Å². The van der Waals surface area contributed by atoms with Crippen LogP contribution in [0.3, 0.4) is 0 Å². The van der Waals surface area contributed by atoms with Crippen molar-refractivity contribution >= 4 is 22.7 Å². The van der Waals surface area contributed by atoms with Crippen LogP contribution in [0.25, 0.3) is 10.9 Å². The Balaban J connectivity index is 2.08. The van der Waals surface area contributed by atoms with Crippen LogP contribution in [0.15, 0.2) is 48.5 Å². The largest absolute Gasteiger partial charge is 0.478 e. The van der Waals surface area contributed by atoms with Crippen molar-refractivity contribution < 1.29 is 9.90 Å². The standard InChI is InChI=1S/C15H13N3O2/c16-14-12-7-3-4-8-13(12)18(17-14)9-10-5-1-2-6-11(10)15(19)20/h1-8H,9H2,(H2,16,17)(H,19,20). The molecule has 20 heavy (non-hydrogen) atoms. The Kier molecular flexibility index (Phi) is 2.87. The summed E-state index contributed by atoms with van der Waals surface area (Å²) in [7, 11) is 0. The van der Waals surface area contributed by atoms with E-state index >= 15 is 0 Å². The highest BCUT2D eigenvalue weighted by Gasteiger charge is 2.12. The number of aromatic carboxylic acids is 1. The van der Waals surface area contributed by atoms with Gasteiger partial charge in [-0.1, -0.05) is 30.3 Å². The van der Waals surface area contributed by atoms with E-state index in [1.165, 1.54) is 0 Å². The van der Waals surface area contributed by atoms with E-state index in [-0.39, 0.29) is 5.56 Å². The lowest BCUT2D eigenvalue weighted by Crippen LogP contribution is -2.08. The zero-order valence-electron chi connectivity index (χ0n) is 10.7. The number of benzene rings is 2. The number of carboxylic acids is 1. The minimum absolute atomic E-state index is 0.283. The first-order valence-corrected chi connectivity index (χ1v) is 6.19. The molecule has 1 heterocycles. The van der Waals surface area contributed by atoms with Gasteiger partial charge in [-0.3, -0.25) is 4.68 Å². The average molecular weight is 267 g/mol. The van der Waals surface area contributed by atoms with Crippen LogP contribution in [-0.4, -0.2) is 20.9 Å². The molecule has 0 amide bonds. The zero-order chi connectivity index (χ0) is 14.1. The molecule has 0 aliphatic heterocycles. The van der Waals surface area contributed by atoms with Crippen LogP contribution in [0.5, 0.6) is 0 Å². The normalized spacial score (nSPS) is 10.8. The van der Waals surface area contributed by atoms with Gasteiger partial charge in [-0.2, -0.15) is 5.10 Å². The summed E-state index contributed by atoms with van der Waals surface area (Å²) in [6.07, 6.45) is 0. The monoisotopic (exact) mass is 267 g/mol. The van der Waals surface area contributed by atoms with Crippen molar-refractivity contribution in [2.75, 3.05) is 5.73 Å². The predicted molar refractivity (Wildman–Crippen MR) is 76.6 cm³/mol. The highest BCUT2D eigenvalue weighted by atomic mass is 16.4. The third-order valence-electron chi connectivity index (χ3n) is 3.25. The minimum Gasteiger partial charge on any atom is -0.478 e. The maximum absolute atomic E-state index is 11.2. The first-order chi connectivity index (χ1) is 9.66. The molecule has 0 unspecified atom stereocenters. The lowest BCUT2D eigenvalue weighted by Gasteiger charge is -2.07. The fourth-order valence-corrected chi connectivity index (χ4v) is 2.30. The Labute approximate surface area is 115 Å². The second-order valence-electron chi connectivity index (χ2n) is 4.52. The Morgan fingerprint density at radius 2 is 1.85 bits per heavy atom. The van der Waals surface area contributed by atoms with Crippen LogP contribution in [0.4, 0.5) is 5.82 Å². The SMILES string of the molecule is Nc1nn(Cc2ccccc2C(=O)O)c2ccccc12. The van der Waals surface area contributed by atoms with Gasteiger partial charge < -0.3 is 10.8 Å². The fraction of sp³-hybridized carbons (Fsp3) is 0.0667. The predicted octanol–water partition coefficient (Wildman–Crippen LogP) is 2.37. The molecule has 5 nitrogen and oxygen atoms in total. The Bertz CT molecular complexity index is 793. The zero-order valence-corrected chi connectivity index (χ0v) is 10.7. The molecule has 0 radical (unpaired) electrons. The van der Waals surface area contributed by atoms with E-state index < -0.39 is 5.97 Å². The average Bonchev–Trinajstić information content (AvgIpc) is 2.76. The van der Waals surface area contributed by atoms with Crippen LogP contribution in [0.1, 0.15) is 15.9 Å². The molecule has 100 valence electrons. The number of anilines is 1. The van der Waals surface area contributed by atoms with Gasteiger partial charge in [-0.05, 0) is 23.8 Å². The number of nitrogens with two attached hydrogens (primary N) is 1. The van der Waals surface area contributed by atoms with E-state index in [1.807, 2.05) is 30.3 Å². The van der Waals surface area contributed by atoms with Gasteiger partial charge in [0.2, 0.25) is 0 Å². The summed E-state index contributed by atoms with van der Waals surface area (Å²) in [6.45, 7) is 0.375. The molecular weight excluding hydrogens is 254 g/mol. The van der Waals surface area contributed by atoms with E-state index in [1.54, 1.807) is 22.9 Å². The topological polar surface area (TPSA) is 81.1 Å². The molecule has 0 aliphatic rings. The number of carboxylic acid groups (broad SMARTS) is 1. The quantitative estimate of drug-likeness (QED) is 0.763. The molecule has 0 atom stereocenters. The molecule has 5 heteroatoms. The maximum Gasteiger partial charge on any atom is 0.336 e. The number of hydrogen-bond donors (Lipinski definition) is 2. The molecule has 0 fully saturated rings. The molecule has 1 aromatic heterocycles. The Morgan fingerprint density at radius 3 is 2.65 bits per heavy atom. The molecule has 3 aromatic rings. The summed E-state index contributed by atoms with van der Waals surface area (Å²) < 4.78 is 1.73. The highest BCUT2D eigenvalue weighted by molar-refractivity contribution is 5.90. The molecule has 2 aromatic carbocycles. The van der Waals surface area contributed by atoms with Crippen molar-refractivity contribution in [2.45, 2.75) is 6.54 Å². The van der Waals surface area contributed by atoms with E-state index in [4.69, 9.17) is 5.73 Å². The van der Waals surface area contributed by atoms with Gasteiger partial charge in [-0.15, -0.1) is 0 Å². The summed E-state index contributed by atoms with van der Waals surface area (Å²) in [5, 5.41) is 14.4. The van der Waals surface area contributed by atoms with Crippen LogP contribution in [0, 0.1) is 0 Å². The Morgan fingerprint density at radius 1 is 1.15 bits per heavy atom. The van der Waals surface area contributed by atoms with Gasteiger partial charge in [0.25, 0.3) is 0 Å². The molecule has 3 rings (SSSR count). The summed E-state index contributed by atoms with van der Waals surface area (Å²) in [5.41, 5.74) is 7.76. The van der Waals surface area contributed by atoms with E-state index in [0.29, 0.717) is 17.9 Å². The van der Waals surface area contributed by atoms with Crippen LogP contribution >= 0.6 is 0 Å². The number of rotatable bonds is 3. The Hall–Kier alpha value is -2.82. The molecule has 0 saturated carbocycles. The summed E-state index contributed by atoms with van der Waals surface area (Å²) in [4.78, 5) is 11.2. The van der Waals surface area contributed by atoms with Crippen molar-refractivity contribution in [1.82, 2.24) is 9.78 Å². The summed E-state index contributed by atoms with van der Waals surface area (Å²) >= 11 is 0. The molecule has 0 bridgehead atoms. The molecule has 0 aliphatic carbocycles. The van der Waals surface area contributed by atoms with Gasteiger partial charge in [0.1, 0.15) is 0 Å². The summed E-state index contributed by atoms with van der Waals surface area (Å²) in [5.74, 6) is -0.488. The highest BCUT2D eigenvalue weighted by Crippen LogP contribution is 2.21. The van der Waals surface area contributed by atoms with Gasteiger partial charge >= 0.3 is 5.97 Å².